The number of benzene rings is 1. The Morgan fingerprint density at radius 3 is 2.16 bits per heavy atom. The van der Waals surface area contributed by atoms with E-state index in [1.807, 2.05) is 45.0 Å². The Morgan fingerprint density at radius 1 is 1.00 bits per heavy atom. The SMILES string of the molecule is CC(C)(C)OC(=O)N1CCC(OC2CCC(Oc3ccc(CCC#N)cc3)CC2)CC1. The number of likely N-dealkylation sites (tertiary alicyclic amines) is 1. The van der Waals surface area contributed by atoms with Gasteiger partial charge in [0.05, 0.1) is 24.4 Å². The van der Waals surface area contributed by atoms with Crippen molar-refractivity contribution in [2.24, 2.45) is 0 Å². The molecule has 0 unspecified atom stereocenters. The molecule has 1 saturated heterocycles. The second kappa shape index (κ2) is 10.9. The van der Waals surface area contributed by atoms with Crippen molar-refractivity contribution in [2.45, 2.75) is 96.1 Å². The lowest BCUT2D eigenvalue weighted by atomic mass is 9.94. The fraction of sp³-hybridized carbons (Fsp3) is 0.680. The lowest BCUT2D eigenvalue weighted by molar-refractivity contribution is -0.0675. The van der Waals surface area contributed by atoms with Crippen LogP contribution in [0.15, 0.2) is 24.3 Å². The smallest absolute Gasteiger partial charge is 0.410 e. The molecule has 2 fully saturated rings. The van der Waals surface area contributed by atoms with Gasteiger partial charge in [0.2, 0.25) is 0 Å². The molecule has 0 spiro atoms. The van der Waals surface area contributed by atoms with Gasteiger partial charge in [0.15, 0.2) is 0 Å². The second-order valence-corrected chi connectivity index (χ2v) is 9.62. The zero-order chi connectivity index (χ0) is 22.3. The van der Waals surface area contributed by atoms with Crippen LogP contribution in [-0.4, -0.2) is 48.0 Å². The average Bonchev–Trinajstić information content (AvgIpc) is 2.74. The summed E-state index contributed by atoms with van der Waals surface area (Å²) in [5.41, 5.74) is 0.716. The van der Waals surface area contributed by atoms with Gasteiger partial charge in [-0.2, -0.15) is 5.26 Å². The Balaban J connectivity index is 1.34. The third kappa shape index (κ3) is 7.74. The van der Waals surface area contributed by atoms with Crippen LogP contribution in [0.2, 0.25) is 0 Å². The van der Waals surface area contributed by atoms with E-state index < -0.39 is 5.60 Å². The molecule has 0 aromatic heterocycles. The molecule has 1 saturated carbocycles. The van der Waals surface area contributed by atoms with Crippen LogP contribution in [0.25, 0.3) is 0 Å². The molecule has 31 heavy (non-hydrogen) atoms. The molecule has 0 N–H and O–H groups in total. The number of hydrogen-bond donors (Lipinski definition) is 0. The number of carbonyl (C=O) groups excluding carboxylic acids is 1. The molecule has 1 amide bonds. The van der Waals surface area contributed by atoms with E-state index in [1.165, 1.54) is 5.56 Å². The number of hydrogen-bond acceptors (Lipinski definition) is 5. The summed E-state index contributed by atoms with van der Waals surface area (Å²) >= 11 is 0. The molecule has 2 aliphatic rings. The summed E-state index contributed by atoms with van der Waals surface area (Å²) < 4.78 is 18.0. The van der Waals surface area contributed by atoms with Gasteiger partial charge in [-0.15, -0.1) is 0 Å². The number of carbonyl (C=O) groups is 1. The van der Waals surface area contributed by atoms with Crippen LogP contribution in [0.3, 0.4) is 0 Å². The number of nitriles is 1. The number of rotatable bonds is 6. The summed E-state index contributed by atoms with van der Waals surface area (Å²) in [7, 11) is 0. The summed E-state index contributed by atoms with van der Waals surface area (Å²) in [6.45, 7) is 7.08. The highest BCUT2D eigenvalue weighted by molar-refractivity contribution is 5.68. The van der Waals surface area contributed by atoms with Crippen LogP contribution in [0, 0.1) is 11.3 Å². The second-order valence-electron chi connectivity index (χ2n) is 9.62. The number of amides is 1. The van der Waals surface area contributed by atoms with Crippen LogP contribution in [-0.2, 0) is 15.9 Å². The van der Waals surface area contributed by atoms with Crippen molar-refractivity contribution in [3.05, 3.63) is 29.8 Å². The maximum absolute atomic E-state index is 12.2. The van der Waals surface area contributed by atoms with Crippen LogP contribution in [0.5, 0.6) is 5.75 Å². The Bertz CT molecular complexity index is 734. The number of aryl methyl sites for hydroxylation is 1. The minimum absolute atomic E-state index is 0.221. The van der Waals surface area contributed by atoms with Gasteiger partial charge >= 0.3 is 6.09 Å². The van der Waals surface area contributed by atoms with Crippen molar-refractivity contribution in [2.75, 3.05) is 13.1 Å². The maximum Gasteiger partial charge on any atom is 0.410 e. The van der Waals surface area contributed by atoms with Crippen molar-refractivity contribution in [1.29, 1.82) is 5.26 Å². The van der Waals surface area contributed by atoms with Gasteiger partial charge in [0.1, 0.15) is 11.4 Å². The quantitative estimate of drug-likeness (QED) is 0.619. The summed E-state index contributed by atoms with van der Waals surface area (Å²) in [4.78, 5) is 14.0. The first-order valence-corrected chi connectivity index (χ1v) is 11.6. The standard InChI is InChI=1S/C25H36N2O4/c1-25(2,3)31-24(28)27-17-14-23(15-18-27)30-22-12-10-21(11-13-22)29-20-8-6-19(7-9-20)5-4-16-26/h6-9,21-23H,4-5,10-15,17-18H2,1-3H3. The first-order valence-electron chi connectivity index (χ1n) is 11.6. The highest BCUT2D eigenvalue weighted by Crippen LogP contribution is 2.28. The molecule has 1 aromatic rings. The summed E-state index contributed by atoms with van der Waals surface area (Å²) in [5, 5.41) is 8.69. The molecule has 1 aromatic carbocycles. The third-order valence-electron chi connectivity index (χ3n) is 5.85. The molecule has 0 atom stereocenters. The Labute approximate surface area is 186 Å². The third-order valence-corrected chi connectivity index (χ3v) is 5.85. The lowest BCUT2D eigenvalue weighted by Gasteiger charge is -2.36. The molecule has 170 valence electrons. The number of piperidine rings is 1. The van der Waals surface area contributed by atoms with E-state index in [0.717, 1.165) is 50.7 Å². The molecule has 0 bridgehead atoms. The largest absolute Gasteiger partial charge is 0.490 e. The predicted octanol–water partition coefficient (Wildman–Crippen LogP) is 5.25. The fourth-order valence-electron chi connectivity index (χ4n) is 4.19. The summed E-state index contributed by atoms with van der Waals surface area (Å²) in [5.74, 6) is 0.902. The van der Waals surface area contributed by atoms with E-state index >= 15 is 0 Å². The van der Waals surface area contributed by atoms with Crippen molar-refractivity contribution >= 4 is 6.09 Å². The molecule has 1 heterocycles. The van der Waals surface area contributed by atoms with E-state index in [9.17, 15) is 4.79 Å². The number of ether oxygens (including phenoxy) is 3. The van der Waals surface area contributed by atoms with Crippen LogP contribution in [0.1, 0.15) is 71.3 Å². The average molecular weight is 429 g/mol. The van der Waals surface area contributed by atoms with Gasteiger partial charge in [-0.25, -0.2) is 4.79 Å². The Hall–Kier alpha value is -2.26. The summed E-state index contributed by atoms with van der Waals surface area (Å²) in [6, 6.07) is 10.3. The minimum Gasteiger partial charge on any atom is -0.490 e. The van der Waals surface area contributed by atoms with Gasteiger partial charge in [0, 0.05) is 19.5 Å². The van der Waals surface area contributed by atoms with Gasteiger partial charge in [-0.1, -0.05) is 12.1 Å². The molecule has 0 radical (unpaired) electrons. The maximum atomic E-state index is 12.2. The Morgan fingerprint density at radius 2 is 1.58 bits per heavy atom. The monoisotopic (exact) mass is 428 g/mol. The van der Waals surface area contributed by atoms with Crippen molar-refractivity contribution in [1.82, 2.24) is 4.90 Å². The van der Waals surface area contributed by atoms with Gasteiger partial charge < -0.3 is 19.1 Å². The molecule has 1 aliphatic carbocycles. The van der Waals surface area contributed by atoms with E-state index in [1.54, 1.807) is 4.90 Å². The van der Waals surface area contributed by atoms with Crippen molar-refractivity contribution in [3.8, 4) is 11.8 Å². The number of nitrogens with zero attached hydrogens (tertiary/aromatic N) is 2. The molecule has 6 heteroatoms. The minimum atomic E-state index is -0.454. The Kier molecular flexibility index (Phi) is 8.20. The van der Waals surface area contributed by atoms with Crippen LogP contribution in [0.4, 0.5) is 4.79 Å². The van der Waals surface area contributed by atoms with Crippen molar-refractivity contribution < 1.29 is 19.0 Å². The van der Waals surface area contributed by atoms with Crippen molar-refractivity contribution in [3.63, 3.8) is 0 Å². The first kappa shape index (κ1) is 23.4. The molecule has 6 nitrogen and oxygen atoms in total. The first-order chi connectivity index (χ1) is 14.8. The van der Waals surface area contributed by atoms with Crippen LogP contribution < -0.4 is 4.74 Å². The van der Waals surface area contributed by atoms with E-state index in [4.69, 9.17) is 19.5 Å². The van der Waals surface area contributed by atoms with E-state index in [2.05, 4.69) is 6.07 Å². The molecular formula is C25H36N2O4. The molecule has 1 aliphatic heterocycles. The van der Waals surface area contributed by atoms with Crippen LogP contribution >= 0.6 is 0 Å². The lowest BCUT2D eigenvalue weighted by Crippen LogP contribution is -2.44. The fourth-order valence-corrected chi connectivity index (χ4v) is 4.19. The molecular weight excluding hydrogens is 392 g/mol. The highest BCUT2D eigenvalue weighted by atomic mass is 16.6. The predicted molar refractivity (Wildman–Crippen MR) is 119 cm³/mol. The molecule has 3 rings (SSSR count). The van der Waals surface area contributed by atoms with Gasteiger partial charge in [-0.3, -0.25) is 0 Å². The zero-order valence-electron chi connectivity index (χ0n) is 19.1. The van der Waals surface area contributed by atoms with Gasteiger partial charge in [0.25, 0.3) is 0 Å². The highest BCUT2D eigenvalue weighted by Gasteiger charge is 2.30. The topological polar surface area (TPSA) is 71.8 Å². The van der Waals surface area contributed by atoms with Gasteiger partial charge in [-0.05, 0) is 83.4 Å². The zero-order valence-corrected chi connectivity index (χ0v) is 19.1. The van der Waals surface area contributed by atoms with E-state index in [0.29, 0.717) is 19.5 Å². The normalized spacial score (nSPS) is 22.6. The summed E-state index contributed by atoms with van der Waals surface area (Å²) in [6.07, 6.45) is 7.61. The van der Waals surface area contributed by atoms with E-state index in [-0.39, 0.29) is 24.4 Å².